The Balaban J connectivity index is 1.71. The lowest BCUT2D eigenvalue weighted by molar-refractivity contribution is 0.122. The first-order valence-corrected chi connectivity index (χ1v) is 8.57. The Morgan fingerprint density at radius 3 is 2.81 bits per heavy atom. The van der Waals surface area contributed by atoms with E-state index >= 15 is 0 Å². The van der Waals surface area contributed by atoms with Crippen LogP contribution in [-0.4, -0.2) is 66.3 Å². The van der Waals surface area contributed by atoms with Crippen LogP contribution in [0.4, 0.5) is 11.9 Å². The Labute approximate surface area is 156 Å². The highest BCUT2D eigenvalue weighted by molar-refractivity contribution is 5.81. The van der Waals surface area contributed by atoms with Gasteiger partial charge in [-0.05, 0) is 30.7 Å². The van der Waals surface area contributed by atoms with Crippen LogP contribution in [0.1, 0.15) is 12.5 Å². The molecule has 0 amide bonds. The minimum absolute atomic E-state index is 0.0530. The lowest BCUT2D eigenvalue weighted by Gasteiger charge is -2.26. The fraction of sp³-hybridized carbons (Fsp3) is 0.412. The van der Waals surface area contributed by atoms with E-state index in [9.17, 15) is 5.11 Å². The van der Waals surface area contributed by atoms with Crippen LogP contribution < -0.4 is 19.8 Å². The molecule has 0 atom stereocenters. The number of nitrogens with one attached hydrogen (secondary N) is 1. The second-order valence-corrected chi connectivity index (χ2v) is 5.58. The maximum atomic E-state index is 9.92. The molecule has 1 fully saturated rings. The van der Waals surface area contributed by atoms with Crippen molar-refractivity contribution in [2.75, 3.05) is 50.3 Å². The van der Waals surface area contributed by atoms with Gasteiger partial charge >= 0.3 is 6.01 Å². The summed E-state index contributed by atoms with van der Waals surface area (Å²) < 4.78 is 15.8. The third kappa shape index (κ3) is 4.94. The average Bonchev–Trinajstić information content (AvgIpc) is 2.70. The molecular formula is C17H22N6O4. The molecule has 0 spiro atoms. The Bertz CT molecular complexity index is 795. The van der Waals surface area contributed by atoms with Gasteiger partial charge < -0.3 is 24.2 Å². The van der Waals surface area contributed by atoms with Crippen LogP contribution in [0.15, 0.2) is 23.3 Å². The Morgan fingerprint density at radius 2 is 2.11 bits per heavy atom. The van der Waals surface area contributed by atoms with Crippen LogP contribution in [0.3, 0.4) is 0 Å². The zero-order chi connectivity index (χ0) is 19.1. The Morgan fingerprint density at radius 1 is 1.30 bits per heavy atom. The molecule has 2 N–H and O–H groups in total. The van der Waals surface area contributed by atoms with E-state index in [1.165, 1.54) is 7.11 Å². The quantitative estimate of drug-likeness (QED) is 0.546. The molecule has 0 saturated carbocycles. The van der Waals surface area contributed by atoms with E-state index in [0.29, 0.717) is 50.2 Å². The molecule has 0 aliphatic carbocycles. The van der Waals surface area contributed by atoms with Crippen LogP contribution in [-0.2, 0) is 4.74 Å². The van der Waals surface area contributed by atoms with Crippen molar-refractivity contribution in [3.05, 3.63) is 23.8 Å². The third-order valence-corrected chi connectivity index (χ3v) is 3.74. The number of rotatable bonds is 7. The summed E-state index contributed by atoms with van der Waals surface area (Å²) in [5.41, 5.74) is 3.46. The summed E-state index contributed by atoms with van der Waals surface area (Å²) in [5, 5.41) is 14.0. The second kappa shape index (κ2) is 8.99. The molecule has 1 aliphatic heterocycles. The third-order valence-electron chi connectivity index (χ3n) is 3.74. The zero-order valence-corrected chi connectivity index (χ0v) is 15.3. The van der Waals surface area contributed by atoms with Crippen LogP contribution in [0, 0.1) is 0 Å². The molecule has 1 aromatic carbocycles. The molecule has 2 heterocycles. The summed E-state index contributed by atoms with van der Waals surface area (Å²) in [6, 6.07) is 5.22. The van der Waals surface area contributed by atoms with Gasteiger partial charge in [0.05, 0.1) is 33.1 Å². The first-order valence-electron chi connectivity index (χ1n) is 8.57. The summed E-state index contributed by atoms with van der Waals surface area (Å²) >= 11 is 0. The number of phenols is 1. The molecule has 1 saturated heterocycles. The van der Waals surface area contributed by atoms with Crippen molar-refractivity contribution < 1.29 is 19.3 Å². The fourth-order valence-electron chi connectivity index (χ4n) is 2.45. The predicted octanol–water partition coefficient (Wildman–Crippen LogP) is 1.27. The molecule has 3 rings (SSSR count). The molecule has 0 unspecified atom stereocenters. The molecule has 10 heteroatoms. The summed E-state index contributed by atoms with van der Waals surface area (Å²) in [7, 11) is 1.49. The summed E-state index contributed by atoms with van der Waals surface area (Å²) in [4.78, 5) is 14.8. The highest BCUT2D eigenvalue weighted by atomic mass is 16.5. The Kier molecular flexibility index (Phi) is 6.21. The van der Waals surface area contributed by atoms with E-state index in [1.54, 1.807) is 24.4 Å². The van der Waals surface area contributed by atoms with Crippen LogP contribution in [0.5, 0.6) is 17.5 Å². The number of benzene rings is 1. The number of nitrogens with zero attached hydrogens (tertiary/aromatic N) is 5. The largest absolute Gasteiger partial charge is 0.504 e. The molecule has 10 nitrogen and oxygen atoms in total. The monoisotopic (exact) mass is 374 g/mol. The number of anilines is 2. The van der Waals surface area contributed by atoms with E-state index < -0.39 is 0 Å². The minimum Gasteiger partial charge on any atom is -0.504 e. The van der Waals surface area contributed by atoms with Crippen LogP contribution >= 0.6 is 0 Å². The van der Waals surface area contributed by atoms with Gasteiger partial charge in [0, 0.05) is 13.1 Å². The lowest BCUT2D eigenvalue weighted by Crippen LogP contribution is -2.37. The van der Waals surface area contributed by atoms with Crippen molar-refractivity contribution in [3.63, 3.8) is 0 Å². The van der Waals surface area contributed by atoms with Gasteiger partial charge in [-0.25, -0.2) is 5.43 Å². The number of hydrogen-bond donors (Lipinski definition) is 2. The summed E-state index contributed by atoms with van der Waals surface area (Å²) in [6.07, 6.45) is 1.54. The molecular weight excluding hydrogens is 352 g/mol. The number of hydrogen-bond acceptors (Lipinski definition) is 10. The highest BCUT2D eigenvalue weighted by Gasteiger charge is 2.16. The second-order valence-electron chi connectivity index (χ2n) is 5.58. The Hall–Kier alpha value is -3.14. The van der Waals surface area contributed by atoms with Gasteiger partial charge in [-0.2, -0.15) is 20.1 Å². The van der Waals surface area contributed by atoms with E-state index in [1.807, 2.05) is 11.8 Å². The molecule has 2 aromatic rings. The smallest absolute Gasteiger partial charge is 0.322 e. The fourth-order valence-corrected chi connectivity index (χ4v) is 2.45. The number of aromatic nitrogens is 3. The van der Waals surface area contributed by atoms with Gasteiger partial charge in [0.1, 0.15) is 0 Å². The van der Waals surface area contributed by atoms with Crippen LogP contribution in [0.2, 0.25) is 0 Å². The van der Waals surface area contributed by atoms with E-state index in [0.717, 1.165) is 0 Å². The topological polar surface area (TPSA) is 114 Å². The van der Waals surface area contributed by atoms with Gasteiger partial charge in [-0.1, -0.05) is 0 Å². The number of methoxy groups -OCH3 is 1. The van der Waals surface area contributed by atoms with Crippen molar-refractivity contribution in [3.8, 4) is 17.5 Å². The number of ether oxygens (including phenoxy) is 3. The van der Waals surface area contributed by atoms with Gasteiger partial charge in [0.15, 0.2) is 11.5 Å². The molecule has 27 heavy (non-hydrogen) atoms. The molecule has 144 valence electrons. The first kappa shape index (κ1) is 18.6. The number of morpholine rings is 1. The number of phenolic OH excluding ortho intramolecular Hbond substituents is 1. The summed E-state index contributed by atoms with van der Waals surface area (Å²) in [5.74, 6) is 1.24. The normalized spacial score (nSPS) is 14.4. The molecule has 1 aromatic heterocycles. The molecule has 0 bridgehead atoms. The molecule has 1 aliphatic rings. The maximum absolute atomic E-state index is 9.92. The highest BCUT2D eigenvalue weighted by Crippen LogP contribution is 2.26. The SMILES string of the molecule is CCOc1ccc(/C=N\Nc2nc(OC)nc(N3CCOCC3)n2)cc1O. The summed E-state index contributed by atoms with van der Waals surface area (Å²) in [6.45, 7) is 4.97. The van der Waals surface area contributed by atoms with Gasteiger partial charge in [0.2, 0.25) is 5.95 Å². The standard InChI is InChI=1S/C17H22N6O4/c1-3-27-14-5-4-12(10-13(14)24)11-18-22-15-19-16(21-17(20-15)25-2)23-6-8-26-9-7-23/h4-5,10-11,24H,3,6-9H2,1-2H3,(H,19,20,21,22)/b18-11-. The van der Waals surface area contributed by atoms with E-state index in [4.69, 9.17) is 14.2 Å². The van der Waals surface area contributed by atoms with E-state index in [2.05, 4.69) is 25.5 Å². The van der Waals surface area contributed by atoms with Crippen LogP contribution in [0.25, 0.3) is 0 Å². The zero-order valence-electron chi connectivity index (χ0n) is 15.3. The van der Waals surface area contributed by atoms with Crippen molar-refractivity contribution in [1.29, 1.82) is 0 Å². The predicted molar refractivity (Wildman–Crippen MR) is 99.9 cm³/mol. The van der Waals surface area contributed by atoms with Crippen molar-refractivity contribution in [2.24, 2.45) is 5.10 Å². The van der Waals surface area contributed by atoms with Crippen molar-refractivity contribution >= 4 is 18.1 Å². The van der Waals surface area contributed by atoms with Crippen molar-refractivity contribution in [2.45, 2.75) is 6.92 Å². The molecule has 0 radical (unpaired) electrons. The minimum atomic E-state index is 0.0530. The van der Waals surface area contributed by atoms with E-state index in [-0.39, 0.29) is 17.7 Å². The van der Waals surface area contributed by atoms with Gasteiger partial charge in [0.25, 0.3) is 5.95 Å². The van der Waals surface area contributed by atoms with Gasteiger partial charge in [-0.3, -0.25) is 0 Å². The number of hydrazone groups is 1. The van der Waals surface area contributed by atoms with Gasteiger partial charge in [-0.15, -0.1) is 0 Å². The maximum Gasteiger partial charge on any atom is 0.322 e. The van der Waals surface area contributed by atoms with Crippen molar-refractivity contribution in [1.82, 2.24) is 15.0 Å². The average molecular weight is 374 g/mol. The first-order chi connectivity index (χ1) is 13.2. The number of aromatic hydroxyl groups is 1. The lowest BCUT2D eigenvalue weighted by atomic mass is 10.2.